The SMILES string of the molecule is C[C@]12CCC3C(CC[C@H]4C[C@@H](F)CC[C@]34C)C1CC[C@@H]2O. The molecule has 4 aliphatic carbocycles. The van der Waals surface area contributed by atoms with Gasteiger partial charge >= 0.3 is 0 Å². The fourth-order valence-electron chi connectivity index (χ4n) is 7.18. The van der Waals surface area contributed by atoms with Crippen LogP contribution in [0.25, 0.3) is 0 Å². The quantitative estimate of drug-likeness (QED) is 0.685. The van der Waals surface area contributed by atoms with Gasteiger partial charge in [-0.05, 0) is 92.3 Å². The smallest absolute Gasteiger partial charge is 0.100 e. The Bertz CT molecular complexity index is 424. The molecule has 4 aliphatic rings. The lowest BCUT2D eigenvalue weighted by atomic mass is 9.45. The van der Waals surface area contributed by atoms with Gasteiger partial charge in [0.25, 0.3) is 0 Å². The maximum absolute atomic E-state index is 13.8. The molecule has 0 radical (unpaired) electrons. The van der Waals surface area contributed by atoms with Gasteiger partial charge in [-0.3, -0.25) is 0 Å². The van der Waals surface area contributed by atoms with Crippen molar-refractivity contribution in [1.82, 2.24) is 0 Å². The van der Waals surface area contributed by atoms with Crippen molar-refractivity contribution in [2.45, 2.75) is 83.9 Å². The van der Waals surface area contributed by atoms with E-state index in [1.165, 1.54) is 32.1 Å². The first-order chi connectivity index (χ1) is 9.95. The average Bonchev–Trinajstić information content (AvgIpc) is 2.76. The Balaban J connectivity index is 1.62. The van der Waals surface area contributed by atoms with Gasteiger partial charge in [0.15, 0.2) is 0 Å². The van der Waals surface area contributed by atoms with Gasteiger partial charge in [-0.2, -0.15) is 0 Å². The van der Waals surface area contributed by atoms with Crippen molar-refractivity contribution >= 4 is 0 Å². The Hall–Kier alpha value is -0.110. The van der Waals surface area contributed by atoms with Crippen molar-refractivity contribution in [2.75, 3.05) is 0 Å². The third kappa shape index (κ3) is 1.90. The van der Waals surface area contributed by atoms with Crippen LogP contribution in [0.4, 0.5) is 4.39 Å². The summed E-state index contributed by atoms with van der Waals surface area (Å²) >= 11 is 0. The normalized spacial score (nSPS) is 60.0. The van der Waals surface area contributed by atoms with Crippen molar-refractivity contribution in [1.29, 1.82) is 0 Å². The molecule has 2 heteroatoms. The summed E-state index contributed by atoms with van der Waals surface area (Å²) in [7, 11) is 0. The molecule has 0 amide bonds. The molecule has 0 saturated heterocycles. The molecular weight excluding hydrogens is 263 g/mol. The van der Waals surface area contributed by atoms with Gasteiger partial charge in [0.1, 0.15) is 6.17 Å². The van der Waals surface area contributed by atoms with Crippen LogP contribution in [0.3, 0.4) is 0 Å². The Morgan fingerprint density at radius 3 is 2.38 bits per heavy atom. The first kappa shape index (κ1) is 14.5. The molecule has 0 aromatic rings. The molecule has 4 fully saturated rings. The van der Waals surface area contributed by atoms with Gasteiger partial charge in [0.05, 0.1) is 6.10 Å². The van der Waals surface area contributed by atoms with E-state index in [0.717, 1.165) is 43.4 Å². The number of halogens is 1. The molecule has 21 heavy (non-hydrogen) atoms. The molecule has 0 spiro atoms. The number of aliphatic hydroxyl groups excluding tert-OH is 1. The Kier molecular flexibility index (Phi) is 3.24. The van der Waals surface area contributed by atoms with Gasteiger partial charge in [0, 0.05) is 0 Å². The van der Waals surface area contributed by atoms with Crippen molar-refractivity contribution in [2.24, 2.45) is 34.5 Å². The first-order valence-electron chi connectivity index (χ1n) is 9.27. The summed E-state index contributed by atoms with van der Waals surface area (Å²) in [6.45, 7) is 4.83. The van der Waals surface area contributed by atoms with Crippen molar-refractivity contribution < 1.29 is 9.50 Å². The van der Waals surface area contributed by atoms with Crippen molar-refractivity contribution in [3.63, 3.8) is 0 Å². The lowest BCUT2D eigenvalue weighted by Crippen LogP contribution is -2.54. The molecule has 0 aliphatic heterocycles. The molecular formula is C19H31FO. The summed E-state index contributed by atoms with van der Waals surface area (Å²) < 4.78 is 13.8. The van der Waals surface area contributed by atoms with Gasteiger partial charge in [0.2, 0.25) is 0 Å². The first-order valence-corrected chi connectivity index (χ1v) is 9.27. The molecule has 4 rings (SSSR count). The van der Waals surface area contributed by atoms with Crippen LogP contribution < -0.4 is 0 Å². The molecule has 0 bridgehead atoms. The minimum absolute atomic E-state index is 0.0736. The maximum atomic E-state index is 13.8. The standard InChI is InChI=1S/C19H31FO/c1-18-9-7-13(20)11-12(18)3-4-14-15-5-6-17(21)19(15,2)10-8-16(14)18/h12-17,21H,3-11H2,1-2H3/t12-,13-,14?,15?,16?,17-,18-,19-/m0/s1. The Morgan fingerprint density at radius 2 is 1.57 bits per heavy atom. The third-order valence-electron chi connectivity index (χ3n) is 8.55. The maximum Gasteiger partial charge on any atom is 0.100 e. The van der Waals surface area contributed by atoms with Crippen LogP contribution in [-0.2, 0) is 0 Å². The zero-order chi connectivity index (χ0) is 14.8. The zero-order valence-electron chi connectivity index (χ0n) is 13.7. The van der Waals surface area contributed by atoms with Crippen LogP contribution in [0, 0.1) is 34.5 Å². The highest BCUT2D eigenvalue weighted by molar-refractivity contribution is 5.09. The zero-order valence-corrected chi connectivity index (χ0v) is 13.7. The van der Waals surface area contributed by atoms with E-state index in [1.54, 1.807) is 0 Å². The fraction of sp³-hybridized carbons (Fsp3) is 1.00. The van der Waals surface area contributed by atoms with E-state index in [2.05, 4.69) is 13.8 Å². The van der Waals surface area contributed by atoms with E-state index in [0.29, 0.717) is 11.3 Å². The lowest BCUT2D eigenvalue weighted by molar-refractivity contribution is -0.128. The molecule has 120 valence electrons. The largest absolute Gasteiger partial charge is 0.393 e. The number of aliphatic hydroxyl groups is 1. The highest BCUT2D eigenvalue weighted by atomic mass is 19.1. The van der Waals surface area contributed by atoms with Crippen molar-refractivity contribution in [3.8, 4) is 0 Å². The third-order valence-corrected chi connectivity index (χ3v) is 8.55. The predicted octanol–water partition coefficient (Wildman–Crippen LogP) is 4.73. The molecule has 8 atom stereocenters. The second kappa shape index (κ2) is 4.69. The van der Waals surface area contributed by atoms with Gasteiger partial charge < -0.3 is 5.11 Å². The molecule has 1 N–H and O–H groups in total. The molecule has 3 unspecified atom stereocenters. The summed E-state index contributed by atoms with van der Waals surface area (Å²) in [6, 6.07) is 0. The number of alkyl halides is 1. The van der Waals surface area contributed by atoms with Crippen LogP contribution in [-0.4, -0.2) is 17.4 Å². The number of hydrogen-bond acceptors (Lipinski definition) is 1. The van der Waals surface area contributed by atoms with Crippen LogP contribution in [0.5, 0.6) is 0 Å². The van der Waals surface area contributed by atoms with Crippen LogP contribution in [0.1, 0.15) is 71.6 Å². The minimum atomic E-state index is -0.540. The van der Waals surface area contributed by atoms with Gasteiger partial charge in [-0.15, -0.1) is 0 Å². The molecule has 0 aromatic carbocycles. The Morgan fingerprint density at radius 1 is 0.857 bits per heavy atom. The van der Waals surface area contributed by atoms with E-state index >= 15 is 0 Å². The summed E-state index contributed by atoms with van der Waals surface area (Å²) in [5, 5.41) is 10.5. The molecule has 4 saturated carbocycles. The van der Waals surface area contributed by atoms with E-state index < -0.39 is 6.17 Å². The second-order valence-electron chi connectivity index (χ2n) is 9.17. The number of hydrogen-bond donors (Lipinski definition) is 1. The summed E-state index contributed by atoms with van der Waals surface area (Å²) in [5.41, 5.74) is 0.571. The highest BCUT2D eigenvalue weighted by Gasteiger charge is 2.60. The van der Waals surface area contributed by atoms with E-state index in [4.69, 9.17) is 0 Å². The number of fused-ring (bicyclic) bond motifs is 5. The van der Waals surface area contributed by atoms with Crippen molar-refractivity contribution in [3.05, 3.63) is 0 Å². The topological polar surface area (TPSA) is 20.2 Å². The molecule has 0 aromatic heterocycles. The van der Waals surface area contributed by atoms with Crippen LogP contribution in [0.2, 0.25) is 0 Å². The summed E-state index contributed by atoms with van der Waals surface area (Å²) in [4.78, 5) is 0. The van der Waals surface area contributed by atoms with Gasteiger partial charge in [-0.1, -0.05) is 13.8 Å². The molecule has 0 heterocycles. The van der Waals surface area contributed by atoms with Gasteiger partial charge in [-0.25, -0.2) is 4.39 Å². The summed E-state index contributed by atoms with van der Waals surface area (Å²) in [5.74, 6) is 2.95. The lowest BCUT2D eigenvalue weighted by Gasteiger charge is -2.60. The van der Waals surface area contributed by atoms with E-state index in [1.807, 2.05) is 0 Å². The highest BCUT2D eigenvalue weighted by Crippen LogP contribution is 2.66. The minimum Gasteiger partial charge on any atom is -0.393 e. The number of rotatable bonds is 0. The second-order valence-corrected chi connectivity index (χ2v) is 9.17. The molecule has 1 nitrogen and oxygen atoms in total. The monoisotopic (exact) mass is 294 g/mol. The van der Waals surface area contributed by atoms with E-state index in [9.17, 15) is 9.50 Å². The summed E-state index contributed by atoms with van der Waals surface area (Å²) in [6.07, 6.45) is 9.35. The van der Waals surface area contributed by atoms with Crippen LogP contribution in [0.15, 0.2) is 0 Å². The Labute approximate surface area is 128 Å². The van der Waals surface area contributed by atoms with Crippen LogP contribution >= 0.6 is 0 Å². The van der Waals surface area contributed by atoms with E-state index in [-0.39, 0.29) is 11.5 Å². The predicted molar refractivity (Wildman–Crippen MR) is 82.6 cm³/mol. The average molecular weight is 294 g/mol. The fourth-order valence-corrected chi connectivity index (χ4v) is 7.18.